The van der Waals surface area contributed by atoms with E-state index in [4.69, 9.17) is 18.9 Å². The first kappa shape index (κ1) is 33.2. The van der Waals surface area contributed by atoms with Gasteiger partial charge >= 0.3 is 12.1 Å². The zero-order chi connectivity index (χ0) is 31.5. The second-order valence-electron chi connectivity index (χ2n) is 14.5. The van der Waals surface area contributed by atoms with Gasteiger partial charge in [-0.15, -0.1) is 0 Å². The Morgan fingerprint density at radius 1 is 1.00 bits per heavy atom. The lowest BCUT2D eigenvalue weighted by molar-refractivity contribution is -0.173. The molecule has 9 heteroatoms. The van der Waals surface area contributed by atoms with E-state index >= 15 is 0 Å². The van der Waals surface area contributed by atoms with E-state index in [-0.39, 0.29) is 6.10 Å². The quantitative estimate of drug-likeness (QED) is 0.254. The SMILES string of the molecule is CC(C)(C)OC(=O)[C@]1([C@@H]2OC(C)(C)N(C(=O)OCC[Si](C)(C)C)[C@H]2Cc2ccccc2)C[C@@H](OCc2ccccc2)CN1. The highest BCUT2D eigenvalue weighted by Crippen LogP contribution is 2.43. The molecule has 0 aliphatic carbocycles. The fourth-order valence-electron chi connectivity index (χ4n) is 5.90. The zero-order valence-electron chi connectivity index (χ0n) is 27.1. The molecule has 236 valence electrons. The van der Waals surface area contributed by atoms with Crippen molar-refractivity contribution < 1.29 is 28.5 Å². The van der Waals surface area contributed by atoms with Gasteiger partial charge in [-0.05, 0) is 58.2 Å². The molecule has 1 N–H and O–H groups in total. The fourth-order valence-corrected chi connectivity index (χ4v) is 6.61. The van der Waals surface area contributed by atoms with Crippen LogP contribution in [0.5, 0.6) is 0 Å². The minimum Gasteiger partial charge on any atom is -0.459 e. The van der Waals surface area contributed by atoms with Crippen LogP contribution in [0.25, 0.3) is 0 Å². The molecule has 8 nitrogen and oxygen atoms in total. The summed E-state index contributed by atoms with van der Waals surface area (Å²) in [5.41, 5.74) is -0.885. The summed E-state index contributed by atoms with van der Waals surface area (Å²) in [4.78, 5) is 29.7. The summed E-state index contributed by atoms with van der Waals surface area (Å²) >= 11 is 0. The van der Waals surface area contributed by atoms with Crippen LogP contribution < -0.4 is 5.32 Å². The largest absolute Gasteiger partial charge is 0.459 e. The highest BCUT2D eigenvalue weighted by atomic mass is 28.3. The van der Waals surface area contributed by atoms with Crippen molar-refractivity contribution in [2.24, 2.45) is 0 Å². The van der Waals surface area contributed by atoms with Crippen LogP contribution in [0, 0.1) is 0 Å². The van der Waals surface area contributed by atoms with Crippen molar-refractivity contribution in [1.29, 1.82) is 0 Å². The normalized spacial score (nSPS) is 25.5. The van der Waals surface area contributed by atoms with Gasteiger partial charge in [-0.1, -0.05) is 80.3 Å². The number of esters is 1. The average molecular weight is 611 g/mol. The van der Waals surface area contributed by atoms with Gasteiger partial charge in [0.05, 0.1) is 25.4 Å². The Morgan fingerprint density at radius 3 is 2.19 bits per heavy atom. The van der Waals surface area contributed by atoms with Crippen LogP contribution in [0.2, 0.25) is 25.7 Å². The van der Waals surface area contributed by atoms with Crippen molar-refractivity contribution in [3.63, 3.8) is 0 Å². The molecule has 2 aromatic rings. The van der Waals surface area contributed by atoms with E-state index in [0.717, 1.165) is 17.2 Å². The molecule has 2 fully saturated rings. The smallest absolute Gasteiger partial charge is 0.412 e. The molecule has 0 bridgehead atoms. The molecule has 0 aromatic heterocycles. The van der Waals surface area contributed by atoms with Gasteiger partial charge in [0.15, 0.2) is 0 Å². The third kappa shape index (κ3) is 8.47. The molecule has 2 aromatic carbocycles. The number of carbonyl (C=O) groups excluding carboxylic acids is 2. The monoisotopic (exact) mass is 610 g/mol. The molecule has 4 atom stereocenters. The number of hydrogen-bond acceptors (Lipinski definition) is 7. The lowest BCUT2D eigenvalue weighted by Crippen LogP contribution is -2.63. The van der Waals surface area contributed by atoms with Crippen molar-refractivity contribution in [1.82, 2.24) is 10.2 Å². The van der Waals surface area contributed by atoms with Gasteiger partial charge in [-0.2, -0.15) is 0 Å². The van der Waals surface area contributed by atoms with Gasteiger partial charge in [0, 0.05) is 21.0 Å². The molecule has 0 unspecified atom stereocenters. The van der Waals surface area contributed by atoms with Crippen LogP contribution >= 0.6 is 0 Å². The number of benzene rings is 2. The first-order valence-electron chi connectivity index (χ1n) is 15.4. The van der Waals surface area contributed by atoms with Crippen LogP contribution in [0.15, 0.2) is 60.7 Å². The molecule has 0 saturated carbocycles. The predicted molar refractivity (Wildman–Crippen MR) is 170 cm³/mol. The topological polar surface area (TPSA) is 86.3 Å². The summed E-state index contributed by atoms with van der Waals surface area (Å²) in [6.07, 6.45) is -0.568. The molecule has 0 spiro atoms. The third-order valence-corrected chi connectivity index (χ3v) is 9.71. The first-order valence-corrected chi connectivity index (χ1v) is 19.1. The van der Waals surface area contributed by atoms with Crippen molar-refractivity contribution in [3.05, 3.63) is 71.8 Å². The number of hydrogen-bond donors (Lipinski definition) is 1. The van der Waals surface area contributed by atoms with Crippen LogP contribution in [0.1, 0.15) is 52.2 Å². The Hall–Kier alpha value is -2.72. The Labute approximate surface area is 258 Å². The molecular formula is C34H50N2O6Si. The van der Waals surface area contributed by atoms with Crippen molar-refractivity contribution in [3.8, 4) is 0 Å². The van der Waals surface area contributed by atoms with Crippen LogP contribution in [-0.4, -0.2) is 73.3 Å². The summed E-state index contributed by atoms with van der Waals surface area (Å²) < 4.78 is 25.0. The second-order valence-corrected chi connectivity index (χ2v) is 20.1. The Kier molecular flexibility index (Phi) is 10.1. The van der Waals surface area contributed by atoms with Crippen LogP contribution in [-0.2, 0) is 36.8 Å². The van der Waals surface area contributed by atoms with E-state index in [0.29, 0.717) is 32.6 Å². The molecule has 2 saturated heterocycles. The van der Waals surface area contributed by atoms with E-state index in [1.54, 1.807) is 4.90 Å². The highest BCUT2D eigenvalue weighted by molar-refractivity contribution is 6.76. The zero-order valence-corrected chi connectivity index (χ0v) is 28.1. The Balaban J connectivity index is 1.68. The molecule has 0 radical (unpaired) electrons. The number of rotatable bonds is 10. The van der Waals surface area contributed by atoms with E-state index in [2.05, 4.69) is 25.0 Å². The first-order chi connectivity index (χ1) is 20.1. The van der Waals surface area contributed by atoms with E-state index in [1.807, 2.05) is 95.3 Å². The second kappa shape index (κ2) is 13.1. The summed E-state index contributed by atoms with van der Waals surface area (Å²) in [6.45, 7) is 17.3. The molecule has 1 amide bonds. The summed E-state index contributed by atoms with van der Waals surface area (Å²) in [6, 6.07) is 20.3. The number of ether oxygens (including phenoxy) is 4. The molecule has 2 aliphatic heterocycles. The minimum absolute atomic E-state index is 0.255. The van der Waals surface area contributed by atoms with E-state index < -0.39 is 49.1 Å². The predicted octanol–water partition coefficient (Wildman–Crippen LogP) is 6.17. The Morgan fingerprint density at radius 2 is 1.60 bits per heavy atom. The minimum atomic E-state index is -1.41. The number of nitrogens with zero attached hydrogens (tertiary/aromatic N) is 1. The van der Waals surface area contributed by atoms with Gasteiger partial charge in [0.1, 0.15) is 23.0 Å². The van der Waals surface area contributed by atoms with Crippen molar-refractivity contribution >= 4 is 20.1 Å². The number of nitrogens with one attached hydrogen (secondary N) is 1. The summed E-state index contributed by atoms with van der Waals surface area (Å²) in [5, 5.41) is 3.50. The molecule has 2 heterocycles. The maximum Gasteiger partial charge on any atom is 0.412 e. The third-order valence-electron chi connectivity index (χ3n) is 8.01. The number of amides is 1. The number of carbonyl (C=O) groups is 2. The van der Waals surface area contributed by atoms with Crippen molar-refractivity contribution in [2.45, 2.75) is 115 Å². The van der Waals surface area contributed by atoms with Crippen LogP contribution in [0.3, 0.4) is 0 Å². The van der Waals surface area contributed by atoms with Crippen molar-refractivity contribution in [2.75, 3.05) is 13.2 Å². The molecule has 2 aliphatic rings. The standard InChI is InChI=1S/C34H50N2O6Si/c1-32(2,3)42-30(37)34(22-27(23-35-34)40-24-26-17-13-10-14-18-26)29-28(21-25-15-11-9-12-16-25)36(33(4,5)41-29)31(38)39-19-20-43(6,7)8/h9-18,27-29,35H,19-24H2,1-8H3/t27-,28+,29-,34-/m1/s1. The van der Waals surface area contributed by atoms with Gasteiger partial charge in [0.2, 0.25) is 0 Å². The lowest BCUT2D eigenvalue weighted by atomic mass is 9.83. The Bertz CT molecular complexity index is 1230. The fraction of sp³-hybridized carbons (Fsp3) is 0.588. The van der Waals surface area contributed by atoms with Gasteiger partial charge < -0.3 is 18.9 Å². The summed E-state index contributed by atoms with van der Waals surface area (Å²) in [7, 11) is -1.41. The van der Waals surface area contributed by atoms with Gasteiger partial charge in [-0.25, -0.2) is 9.59 Å². The molecule has 4 rings (SSSR count). The van der Waals surface area contributed by atoms with Gasteiger partial charge in [0.25, 0.3) is 0 Å². The lowest BCUT2D eigenvalue weighted by Gasteiger charge is -2.38. The average Bonchev–Trinajstić information content (AvgIpc) is 3.46. The maximum atomic E-state index is 14.2. The highest BCUT2D eigenvalue weighted by Gasteiger charge is 2.64. The van der Waals surface area contributed by atoms with E-state index in [1.165, 1.54) is 0 Å². The molecular weight excluding hydrogens is 560 g/mol. The van der Waals surface area contributed by atoms with E-state index in [9.17, 15) is 9.59 Å². The van der Waals surface area contributed by atoms with Gasteiger partial charge in [-0.3, -0.25) is 10.2 Å². The molecule has 43 heavy (non-hydrogen) atoms. The summed E-state index contributed by atoms with van der Waals surface area (Å²) in [5.74, 6) is -0.404. The van der Waals surface area contributed by atoms with Crippen LogP contribution in [0.4, 0.5) is 4.79 Å². The maximum absolute atomic E-state index is 14.2.